The summed E-state index contributed by atoms with van der Waals surface area (Å²) >= 11 is 6.78. The highest BCUT2D eigenvalue weighted by molar-refractivity contribution is 9.13. The van der Waals surface area contributed by atoms with Crippen LogP contribution in [0.5, 0.6) is 0 Å². The fourth-order valence-electron chi connectivity index (χ4n) is 2.35. The number of piperidine rings is 1. The first-order valence-electron chi connectivity index (χ1n) is 6.54. The third kappa shape index (κ3) is 4.37. The molecule has 102 valence electrons. The smallest absolute Gasteiger partial charge is 0.183 e. The first-order valence-corrected chi connectivity index (χ1v) is 8.13. The lowest BCUT2D eigenvalue weighted by Crippen LogP contribution is -2.41. The minimum Gasteiger partial charge on any atom is -0.452 e. The molecule has 1 fully saturated rings. The minimum atomic E-state index is 0.491. The van der Waals surface area contributed by atoms with E-state index >= 15 is 0 Å². The lowest BCUT2D eigenvalue weighted by molar-refractivity contribution is 0.207. The molecule has 0 amide bonds. The average Bonchev–Trinajstić information content (AvgIpc) is 2.68. The van der Waals surface area contributed by atoms with E-state index < -0.39 is 0 Å². The molecule has 1 aliphatic rings. The Bertz CT molecular complexity index is 356. The molecule has 1 aromatic rings. The fraction of sp³-hybridized carbons (Fsp3) is 0.692. The van der Waals surface area contributed by atoms with Crippen LogP contribution >= 0.6 is 31.9 Å². The zero-order chi connectivity index (χ0) is 13.0. The third-order valence-corrected chi connectivity index (χ3v) is 5.01. The van der Waals surface area contributed by atoms with E-state index in [1.165, 1.54) is 32.4 Å². The van der Waals surface area contributed by atoms with Gasteiger partial charge in [-0.25, -0.2) is 0 Å². The topological polar surface area (TPSA) is 28.4 Å². The molecule has 0 bridgehead atoms. The van der Waals surface area contributed by atoms with Crippen LogP contribution in [0.2, 0.25) is 0 Å². The van der Waals surface area contributed by atoms with Crippen molar-refractivity contribution in [1.29, 1.82) is 0 Å². The number of likely N-dealkylation sites (tertiary alicyclic amines) is 1. The van der Waals surface area contributed by atoms with E-state index in [0.29, 0.717) is 6.04 Å². The summed E-state index contributed by atoms with van der Waals surface area (Å²) in [6.07, 6.45) is 4.10. The van der Waals surface area contributed by atoms with Gasteiger partial charge in [-0.15, -0.1) is 0 Å². The average molecular weight is 380 g/mol. The predicted molar refractivity (Wildman–Crippen MR) is 80.7 cm³/mol. The molecule has 0 saturated carbocycles. The van der Waals surface area contributed by atoms with Crippen LogP contribution in [0, 0.1) is 0 Å². The van der Waals surface area contributed by atoms with E-state index in [-0.39, 0.29) is 0 Å². The van der Waals surface area contributed by atoms with Crippen LogP contribution < -0.4 is 5.32 Å². The van der Waals surface area contributed by atoms with Crippen LogP contribution in [0.3, 0.4) is 0 Å². The molecule has 2 heterocycles. The summed E-state index contributed by atoms with van der Waals surface area (Å²) in [4.78, 5) is 2.55. The molecular weight excluding hydrogens is 360 g/mol. The van der Waals surface area contributed by atoms with Crippen molar-refractivity contribution in [2.75, 3.05) is 19.6 Å². The maximum Gasteiger partial charge on any atom is 0.183 e. The molecule has 1 N–H and O–H groups in total. The molecular formula is C13H20Br2N2O. The molecule has 0 radical (unpaired) electrons. The van der Waals surface area contributed by atoms with Gasteiger partial charge in [0.2, 0.25) is 0 Å². The largest absolute Gasteiger partial charge is 0.452 e. The summed E-state index contributed by atoms with van der Waals surface area (Å²) in [5.41, 5.74) is 0. The molecule has 1 atom stereocenters. The van der Waals surface area contributed by atoms with Crippen LogP contribution in [0.4, 0.5) is 0 Å². The van der Waals surface area contributed by atoms with Gasteiger partial charge in [0.1, 0.15) is 5.76 Å². The van der Waals surface area contributed by atoms with E-state index in [4.69, 9.17) is 4.42 Å². The van der Waals surface area contributed by atoms with Crippen LogP contribution in [-0.4, -0.2) is 30.6 Å². The number of hydrogen-bond acceptors (Lipinski definition) is 3. The highest BCUT2D eigenvalue weighted by Gasteiger charge is 2.13. The normalized spacial score (nSPS) is 19.1. The molecule has 0 spiro atoms. The van der Waals surface area contributed by atoms with Gasteiger partial charge in [-0.2, -0.15) is 0 Å². The Morgan fingerprint density at radius 3 is 2.67 bits per heavy atom. The second-order valence-electron chi connectivity index (χ2n) is 4.98. The van der Waals surface area contributed by atoms with Gasteiger partial charge in [-0.05, 0) is 70.8 Å². The summed E-state index contributed by atoms with van der Waals surface area (Å²) in [6.45, 7) is 6.65. The Labute approximate surface area is 126 Å². The maximum atomic E-state index is 5.55. The Hall–Kier alpha value is 0.160. The zero-order valence-electron chi connectivity index (χ0n) is 10.7. The molecule has 5 heteroatoms. The number of halogens is 2. The predicted octanol–water partition coefficient (Wildman–Crippen LogP) is 3.77. The van der Waals surface area contributed by atoms with E-state index in [9.17, 15) is 0 Å². The monoisotopic (exact) mass is 378 g/mol. The van der Waals surface area contributed by atoms with Gasteiger partial charge in [0, 0.05) is 12.6 Å². The summed E-state index contributed by atoms with van der Waals surface area (Å²) in [5.74, 6) is 0.958. The van der Waals surface area contributed by atoms with Gasteiger partial charge in [0.15, 0.2) is 4.67 Å². The molecule has 2 rings (SSSR count). The van der Waals surface area contributed by atoms with E-state index in [1.807, 2.05) is 6.07 Å². The van der Waals surface area contributed by atoms with Crippen molar-refractivity contribution in [3.05, 3.63) is 21.0 Å². The maximum absolute atomic E-state index is 5.55. The highest BCUT2D eigenvalue weighted by Crippen LogP contribution is 2.26. The van der Waals surface area contributed by atoms with Gasteiger partial charge >= 0.3 is 0 Å². The van der Waals surface area contributed by atoms with E-state index in [2.05, 4.69) is 49.0 Å². The second kappa shape index (κ2) is 7.08. The number of hydrogen-bond donors (Lipinski definition) is 1. The molecule has 1 saturated heterocycles. The van der Waals surface area contributed by atoms with Gasteiger partial charge < -0.3 is 14.6 Å². The number of rotatable bonds is 5. The standard InChI is InChI=1S/C13H20Br2N2O/c1-10(9-17-5-3-2-4-6-17)16-8-11-7-12(14)13(15)18-11/h7,10,16H,2-6,8-9H2,1H3. The van der Waals surface area contributed by atoms with Crippen LogP contribution in [0.15, 0.2) is 19.6 Å². The van der Waals surface area contributed by atoms with E-state index in [1.54, 1.807) is 0 Å². The van der Waals surface area contributed by atoms with Crippen molar-refractivity contribution in [3.63, 3.8) is 0 Å². The number of nitrogens with one attached hydrogen (secondary N) is 1. The molecule has 1 aromatic heterocycles. The first kappa shape index (κ1) is 14.6. The van der Waals surface area contributed by atoms with Gasteiger partial charge in [0.05, 0.1) is 11.0 Å². The van der Waals surface area contributed by atoms with E-state index in [0.717, 1.165) is 28.0 Å². The summed E-state index contributed by atoms with van der Waals surface area (Å²) in [6, 6.07) is 2.50. The van der Waals surface area contributed by atoms with Gasteiger partial charge in [0.25, 0.3) is 0 Å². The van der Waals surface area contributed by atoms with Crippen molar-refractivity contribution >= 4 is 31.9 Å². The van der Waals surface area contributed by atoms with Crippen LogP contribution in [0.1, 0.15) is 31.9 Å². The van der Waals surface area contributed by atoms with Crippen molar-refractivity contribution in [2.45, 2.75) is 38.8 Å². The summed E-state index contributed by atoms with van der Waals surface area (Å²) in [7, 11) is 0. The first-order chi connectivity index (χ1) is 8.65. The van der Waals surface area contributed by atoms with Crippen molar-refractivity contribution in [2.24, 2.45) is 0 Å². The van der Waals surface area contributed by atoms with Gasteiger partial charge in [-0.1, -0.05) is 6.42 Å². The lowest BCUT2D eigenvalue weighted by Gasteiger charge is -2.29. The van der Waals surface area contributed by atoms with Crippen molar-refractivity contribution in [1.82, 2.24) is 10.2 Å². The highest BCUT2D eigenvalue weighted by atomic mass is 79.9. The third-order valence-electron chi connectivity index (χ3n) is 3.30. The Morgan fingerprint density at radius 2 is 2.06 bits per heavy atom. The molecule has 3 nitrogen and oxygen atoms in total. The summed E-state index contributed by atoms with van der Waals surface area (Å²) < 4.78 is 7.29. The Kier molecular flexibility index (Phi) is 5.73. The number of nitrogens with zero attached hydrogens (tertiary/aromatic N) is 1. The zero-order valence-corrected chi connectivity index (χ0v) is 13.9. The molecule has 18 heavy (non-hydrogen) atoms. The van der Waals surface area contributed by atoms with Gasteiger partial charge in [-0.3, -0.25) is 0 Å². The lowest BCUT2D eigenvalue weighted by atomic mass is 10.1. The Balaban J connectivity index is 1.72. The summed E-state index contributed by atoms with van der Waals surface area (Å²) in [5, 5.41) is 3.51. The molecule has 1 unspecified atom stereocenters. The molecule has 0 aromatic carbocycles. The number of furan rings is 1. The van der Waals surface area contributed by atoms with Crippen molar-refractivity contribution in [3.8, 4) is 0 Å². The Morgan fingerprint density at radius 1 is 1.33 bits per heavy atom. The second-order valence-corrected chi connectivity index (χ2v) is 6.55. The fourth-order valence-corrected chi connectivity index (χ4v) is 3.01. The molecule has 0 aliphatic carbocycles. The SMILES string of the molecule is CC(CN1CCCCC1)NCc1cc(Br)c(Br)o1. The quantitative estimate of drug-likeness (QED) is 0.843. The molecule has 1 aliphatic heterocycles. The van der Waals surface area contributed by atoms with Crippen molar-refractivity contribution < 1.29 is 4.42 Å². The minimum absolute atomic E-state index is 0.491. The van der Waals surface area contributed by atoms with Crippen LogP contribution in [-0.2, 0) is 6.54 Å². The van der Waals surface area contributed by atoms with Crippen LogP contribution in [0.25, 0.3) is 0 Å².